The van der Waals surface area contributed by atoms with Crippen molar-refractivity contribution in [2.45, 2.75) is 0 Å². The molecule has 138 valence electrons. The van der Waals surface area contributed by atoms with E-state index in [1.165, 1.54) is 0 Å². The number of hydrogen-bond acceptors (Lipinski definition) is 4. The number of hydrogen-bond donors (Lipinski definition) is 0. The van der Waals surface area contributed by atoms with Gasteiger partial charge in [-0.2, -0.15) is 0 Å². The van der Waals surface area contributed by atoms with Crippen molar-refractivity contribution in [3.63, 3.8) is 0 Å². The topological polar surface area (TPSA) is 52.6 Å². The Morgan fingerprint density at radius 3 is 2.04 bits per heavy atom. The van der Waals surface area contributed by atoms with E-state index in [0.717, 1.165) is 34.1 Å². The fraction of sp³-hybridized carbons (Fsp3) is 0.0833. The van der Waals surface area contributed by atoms with E-state index in [2.05, 4.69) is 0 Å². The van der Waals surface area contributed by atoms with Crippen LogP contribution in [-0.4, -0.2) is 25.8 Å². The molecular weight excluding hydrogens is 352 g/mol. The van der Waals surface area contributed by atoms with Gasteiger partial charge < -0.3 is 9.47 Å². The molecule has 0 aliphatic heterocycles. The van der Waals surface area contributed by atoms with Gasteiger partial charge in [0.25, 0.3) is 0 Å². The molecule has 0 fully saturated rings. The average Bonchev–Trinajstić information content (AvgIpc) is 2.76. The lowest BCUT2D eigenvalue weighted by Gasteiger charge is -2.14. The number of fused-ring (bicyclic) bond motifs is 2. The van der Waals surface area contributed by atoms with Crippen molar-refractivity contribution in [1.82, 2.24) is 0 Å². The monoisotopic (exact) mass is 370 g/mol. The molecule has 0 bridgehead atoms. The van der Waals surface area contributed by atoms with Gasteiger partial charge in [-0.25, -0.2) is 0 Å². The van der Waals surface area contributed by atoms with Crippen LogP contribution >= 0.6 is 0 Å². The van der Waals surface area contributed by atoms with E-state index >= 15 is 0 Å². The second kappa shape index (κ2) is 7.92. The standard InChI is InChI=1S/C24H18O4/c25-15-19-10-9-18-6-2-4-8-21(18)24(19)28-14-13-27-23-12-11-17-5-1-3-7-20(17)22(23)16-26/h1-12,15-16H,13-14H2. The Bertz CT molecular complexity index is 1160. The van der Waals surface area contributed by atoms with Gasteiger partial charge in [0.1, 0.15) is 24.7 Å². The summed E-state index contributed by atoms with van der Waals surface area (Å²) < 4.78 is 11.7. The van der Waals surface area contributed by atoms with Crippen LogP contribution in [0.1, 0.15) is 20.7 Å². The van der Waals surface area contributed by atoms with Gasteiger partial charge in [-0.3, -0.25) is 9.59 Å². The highest BCUT2D eigenvalue weighted by molar-refractivity contribution is 6.00. The van der Waals surface area contributed by atoms with E-state index in [9.17, 15) is 9.59 Å². The number of carbonyl (C=O) groups excluding carboxylic acids is 2. The fourth-order valence-corrected chi connectivity index (χ4v) is 3.33. The summed E-state index contributed by atoms with van der Waals surface area (Å²) in [5.74, 6) is 1.07. The van der Waals surface area contributed by atoms with E-state index in [1.54, 1.807) is 12.1 Å². The minimum Gasteiger partial charge on any atom is -0.489 e. The molecule has 0 aliphatic rings. The van der Waals surface area contributed by atoms with Crippen LogP contribution in [0.25, 0.3) is 21.5 Å². The van der Waals surface area contributed by atoms with Crippen molar-refractivity contribution < 1.29 is 19.1 Å². The first-order chi connectivity index (χ1) is 13.8. The van der Waals surface area contributed by atoms with Crippen LogP contribution in [0, 0.1) is 0 Å². The summed E-state index contributed by atoms with van der Waals surface area (Å²) in [5.41, 5.74) is 1.02. The SMILES string of the molecule is O=Cc1ccc2ccccc2c1OCCOc1ccc2ccccc2c1C=O. The Labute approximate surface area is 162 Å². The first-order valence-electron chi connectivity index (χ1n) is 9.01. The third-order valence-corrected chi connectivity index (χ3v) is 4.67. The van der Waals surface area contributed by atoms with Crippen LogP contribution in [0.4, 0.5) is 0 Å². The molecule has 4 aromatic rings. The lowest BCUT2D eigenvalue weighted by atomic mass is 10.0. The normalized spacial score (nSPS) is 10.7. The Morgan fingerprint density at radius 1 is 0.643 bits per heavy atom. The summed E-state index contributed by atoms with van der Waals surface area (Å²) in [6, 6.07) is 22.8. The molecule has 0 radical (unpaired) electrons. The third-order valence-electron chi connectivity index (χ3n) is 4.67. The zero-order valence-electron chi connectivity index (χ0n) is 15.1. The summed E-state index contributed by atoms with van der Waals surface area (Å²) in [6.07, 6.45) is 1.60. The average molecular weight is 370 g/mol. The molecule has 0 amide bonds. The minimum absolute atomic E-state index is 0.250. The number of carbonyl (C=O) groups is 2. The molecular formula is C24H18O4. The summed E-state index contributed by atoms with van der Waals surface area (Å²) in [7, 11) is 0. The van der Waals surface area contributed by atoms with Gasteiger partial charge in [0.15, 0.2) is 12.6 Å². The number of ether oxygens (including phenoxy) is 2. The summed E-state index contributed by atoms with van der Waals surface area (Å²) in [4.78, 5) is 23.0. The largest absolute Gasteiger partial charge is 0.489 e. The smallest absolute Gasteiger partial charge is 0.154 e. The fourth-order valence-electron chi connectivity index (χ4n) is 3.33. The Morgan fingerprint density at radius 2 is 1.29 bits per heavy atom. The van der Waals surface area contributed by atoms with Crippen molar-refractivity contribution in [2.75, 3.05) is 13.2 Å². The Hall–Kier alpha value is -3.66. The lowest BCUT2D eigenvalue weighted by Crippen LogP contribution is -2.11. The van der Waals surface area contributed by atoms with Crippen molar-refractivity contribution >= 4 is 34.1 Å². The van der Waals surface area contributed by atoms with Gasteiger partial charge in [0.05, 0.1) is 11.1 Å². The highest BCUT2D eigenvalue weighted by Gasteiger charge is 2.10. The molecule has 28 heavy (non-hydrogen) atoms. The van der Waals surface area contributed by atoms with Crippen LogP contribution < -0.4 is 9.47 Å². The molecule has 4 aromatic carbocycles. The molecule has 4 rings (SSSR count). The zero-order valence-corrected chi connectivity index (χ0v) is 15.1. The van der Waals surface area contributed by atoms with Crippen molar-refractivity contribution in [1.29, 1.82) is 0 Å². The van der Waals surface area contributed by atoms with E-state index in [-0.39, 0.29) is 13.2 Å². The second-order valence-corrected chi connectivity index (χ2v) is 6.34. The molecule has 0 saturated heterocycles. The third kappa shape index (κ3) is 3.32. The van der Waals surface area contributed by atoms with Crippen LogP contribution in [0.3, 0.4) is 0 Å². The van der Waals surface area contributed by atoms with Gasteiger partial charge in [-0.15, -0.1) is 0 Å². The van der Waals surface area contributed by atoms with Gasteiger partial charge in [0, 0.05) is 5.39 Å². The number of rotatable bonds is 7. The summed E-state index contributed by atoms with van der Waals surface area (Å²) in [5, 5.41) is 3.72. The van der Waals surface area contributed by atoms with E-state index in [0.29, 0.717) is 22.6 Å². The molecule has 0 atom stereocenters. The second-order valence-electron chi connectivity index (χ2n) is 6.34. The highest BCUT2D eigenvalue weighted by atomic mass is 16.5. The van der Waals surface area contributed by atoms with Crippen molar-refractivity contribution in [3.05, 3.63) is 83.9 Å². The molecule has 0 unspecified atom stereocenters. The molecule has 0 aromatic heterocycles. The van der Waals surface area contributed by atoms with Crippen LogP contribution in [0.15, 0.2) is 72.8 Å². The highest BCUT2D eigenvalue weighted by Crippen LogP contribution is 2.29. The zero-order chi connectivity index (χ0) is 19.3. The Kier molecular flexibility index (Phi) is 5.02. The Balaban J connectivity index is 1.51. The van der Waals surface area contributed by atoms with E-state index < -0.39 is 0 Å². The van der Waals surface area contributed by atoms with Gasteiger partial charge in [0.2, 0.25) is 0 Å². The van der Waals surface area contributed by atoms with Crippen LogP contribution in [0.2, 0.25) is 0 Å². The predicted molar refractivity (Wildman–Crippen MR) is 110 cm³/mol. The molecule has 0 saturated carbocycles. The quantitative estimate of drug-likeness (QED) is 0.336. The maximum Gasteiger partial charge on any atom is 0.154 e. The molecule has 0 heterocycles. The maximum absolute atomic E-state index is 11.6. The van der Waals surface area contributed by atoms with E-state index in [4.69, 9.17) is 9.47 Å². The molecule has 4 nitrogen and oxygen atoms in total. The molecule has 0 aliphatic carbocycles. The van der Waals surface area contributed by atoms with Crippen molar-refractivity contribution in [3.8, 4) is 11.5 Å². The van der Waals surface area contributed by atoms with E-state index in [1.807, 2.05) is 60.7 Å². The molecule has 4 heteroatoms. The summed E-state index contributed by atoms with van der Waals surface area (Å²) >= 11 is 0. The maximum atomic E-state index is 11.6. The van der Waals surface area contributed by atoms with Gasteiger partial charge in [-0.05, 0) is 28.3 Å². The van der Waals surface area contributed by atoms with Crippen LogP contribution in [0.5, 0.6) is 11.5 Å². The summed E-state index contributed by atoms with van der Waals surface area (Å²) in [6.45, 7) is 0.501. The molecule has 0 spiro atoms. The van der Waals surface area contributed by atoms with Crippen LogP contribution in [-0.2, 0) is 0 Å². The minimum atomic E-state index is 0.250. The molecule has 0 N–H and O–H groups in total. The first kappa shape index (κ1) is 17.7. The first-order valence-corrected chi connectivity index (χ1v) is 9.01. The number of benzene rings is 4. The predicted octanol–water partition coefficient (Wildman–Crippen LogP) is 5.08. The number of aldehydes is 2. The van der Waals surface area contributed by atoms with Gasteiger partial charge >= 0.3 is 0 Å². The lowest BCUT2D eigenvalue weighted by molar-refractivity contribution is 0.110. The van der Waals surface area contributed by atoms with Crippen molar-refractivity contribution in [2.24, 2.45) is 0 Å². The van der Waals surface area contributed by atoms with Gasteiger partial charge in [-0.1, -0.05) is 60.7 Å².